The molecule has 10 atom stereocenters. The lowest BCUT2D eigenvalue weighted by molar-refractivity contribution is 0.340. The highest BCUT2D eigenvalue weighted by Gasteiger charge is 2.42. The van der Waals surface area contributed by atoms with Crippen molar-refractivity contribution >= 4 is 165 Å². The van der Waals surface area contributed by atoms with E-state index in [-0.39, 0.29) is 61.0 Å². The number of methoxy groups -OCH3 is 1. The molecule has 0 spiro atoms. The summed E-state index contributed by atoms with van der Waals surface area (Å²) in [5.74, 6) is 1.72. The average molecular weight is 2120 g/mol. The highest BCUT2D eigenvalue weighted by molar-refractivity contribution is 14.1. The van der Waals surface area contributed by atoms with Gasteiger partial charge in [0, 0.05) is 94.4 Å². The Bertz CT molecular complexity index is 6500. The van der Waals surface area contributed by atoms with Gasteiger partial charge in [0.2, 0.25) is 0 Å². The first kappa shape index (κ1) is 99.2. The lowest BCUT2D eigenvalue weighted by atomic mass is 10.0. The van der Waals surface area contributed by atoms with E-state index in [4.69, 9.17) is 104 Å². The molecule has 5 heterocycles. The number of benzene rings is 15. The number of halogens is 8. The molecule has 698 valence electrons. The fourth-order valence-electron chi connectivity index (χ4n) is 18.4. The molecule has 0 saturated carbocycles. The van der Waals surface area contributed by atoms with Crippen molar-refractivity contribution in [3.8, 4) is 11.5 Å². The van der Waals surface area contributed by atoms with Crippen molar-refractivity contribution in [3.05, 3.63) is 486 Å². The van der Waals surface area contributed by atoms with Crippen LogP contribution in [0.25, 0.3) is 0 Å². The smallest absolute Gasteiger partial charge is 0.148 e. The standard InChI is InChI=1S/C25H25ClN2O.C24H23ClN2O.C23H20BrClN2.C23H20Cl2N2.C23H20ClIN2/c1-4-29-21-13-11-20(12-14-21)28-18(3)24(22-15-10-17(2)16-23(22)26)27-25(28)19-8-6-5-7-9-19;1-16-9-14-21(22(25)15-16)23-17(2)27(19-10-12-20(28-3)13-11-19)24(26-23)18-7-5-4-6-8-18;2*1-15-8-13-20(21(25)14-15)22-16(2)27(19-11-9-18(24)10-12-19)23(26-22)17-6-4-3-5-7-17;1-15-8-13-20(21(24)14-15)22-16(2)27(19-11-9-18(25)10-12-19)23(26-22)17-6-4-3-5-7-17/h5-16,18,25H,4H2,1-3H3;4-15,17,24H,1-3H3;3*3-14,16,23H,1-2H3. The molecule has 0 N–H and O–H groups in total. The van der Waals surface area contributed by atoms with Gasteiger partial charge in [-0.15, -0.1) is 0 Å². The molecule has 0 amide bonds. The number of rotatable bonds is 18. The predicted octanol–water partition coefficient (Wildman–Crippen LogP) is 32.7. The van der Waals surface area contributed by atoms with Gasteiger partial charge in [-0.25, -0.2) is 0 Å². The second-order valence-electron chi connectivity index (χ2n) is 34.9. The molecule has 15 aromatic carbocycles. The van der Waals surface area contributed by atoms with E-state index in [1.165, 1.54) is 20.4 Å². The second kappa shape index (κ2) is 45.4. The summed E-state index contributed by atoms with van der Waals surface area (Å²) in [5.41, 5.74) is 27.3. The Morgan fingerprint density at radius 1 is 0.275 bits per heavy atom. The third-order valence-electron chi connectivity index (χ3n) is 25.4. The van der Waals surface area contributed by atoms with E-state index in [1.54, 1.807) is 7.11 Å². The van der Waals surface area contributed by atoms with Crippen LogP contribution in [0, 0.1) is 38.2 Å². The van der Waals surface area contributed by atoms with Crippen molar-refractivity contribution in [2.45, 2.75) is 137 Å². The molecule has 0 aromatic heterocycles. The van der Waals surface area contributed by atoms with Crippen molar-refractivity contribution in [1.82, 2.24) is 0 Å². The summed E-state index contributed by atoms with van der Waals surface area (Å²) >= 11 is 44.9. The van der Waals surface area contributed by atoms with Crippen LogP contribution in [-0.2, 0) is 0 Å². The molecule has 15 aromatic rings. The molecule has 5 aliphatic rings. The molecule has 20 heteroatoms. The minimum atomic E-state index is -0.102. The van der Waals surface area contributed by atoms with Gasteiger partial charge < -0.3 is 34.0 Å². The van der Waals surface area contributed by atoms with Crippen molar-refractivity contribution in [3.63, 3.8) is 0 Å². The van der Waals surface area contributed by atoms with Crippen molar-refractivity contribution in [2.24, 2.45) is 25.0 Å². The van der Waals surface area contributed by atoms with Gasteiger partial charge in [0.25, 0.3) is 0 Å². The number of hydrogen-bond donors (Lipinski definition) is 0. The summed E-state index contributed by atoms with van der Waals surface area (Å²) in [6.07, 6.45) is -0.438. The van der Waals surface area contributed by atoms with Crippen LogP contribution in [0.5, 0.6) is 11.5 Å². The molecule has 0 bridgehead atoms. The van der Waals surface area contributed by atoms with Crippen LogP contribution in [0.2, 0.25) is 30.1 Å². The quantitative estimate of drug-likeness (QED) is 0.0790. The third kappa shape index (κ3) is 22.7. The van der Waals surface area contributed by atoms with Gasteiger partial charge in [0.05, 0.1) is 72.5 Å². The number of aliphatic imine (C=N–C) groups is 5. The van der Waals surface area contributed by atoms with Gasteiger partial charge in [-0.2, -0.15) is 0 Å². The van der Waals surface area contributed by atoms with Gasteiger partial charge in [-0.05, 0) is 306 Å². The average Bonchev–Trinajstić information content (AvgIpc) is 1.64. The highest BCUT2D eigenvalue weighted by Crippen LogP contribution is 2.46. The Labute approximate surface area is 864 Å². The Kier molecular flexibility index (Phi) is 32.7. The van der Waals surface area contributed by atoms with Crippen molar-refractivity contribution < 1.29 is 9.47 Å². The summed E-state index contributed by atoms with van der Waals surface area (Å²) in [6, 6.07) is 125. The molecule has 20 rings (SSSR count). The molecular formula is C118H108BrCl6IN10O2. The monoisotopic (exact) mass is 2110 g/mol. The number of ether oxygens (including phenoxy) is 2. The number of aryl methyl sites for hydroxylation is 5. The molecule has 0 radical (unpaired) electrons. The zero-order chi connectivity index (χ0) is 97.0. The van der Waals surface area contributed by atoms with E-state index in [0.717, 1.165) is 170 Å². The minimum absolute atomic E-state index is 0.0615. The van der Waals surface area contributed by atoms with E-state index >= 15 is 0 Å². The second-order valence-corrected chi connectivity index (χ2v) is 39.5. The van der Waals surface area contributed by atoms with Crippen LogP contribution in [-0.4, -0.2) is 72.5 Å². The lowest BCUT2D eigenvalue weighted by Gasteiger charge is -2.30. The molecule has 10 unspecified atom stereocenters. The van der Waals surface area contributed by atoms with Crippen LogP contribution in [0.3, 0.4) is 0 Å². The van der Waals surface area contributed by atoms with E-state index in [1.807, 2.05) is 142 Å². The van der Waals surface area contributed by atoms with Crippen LogP contribution >= 0.6 is 108 Å². The molecule has 0 aliphatic carbocycles. The Morgan fingerprint density at radius 3 is 0.703 bits per heavy atom. The SMILES string of the molecule is CCOc1ccc(N2C(C)C(c3ccc(C)cc3Cl)=NC2c2ccccc2)cc1.COc1ccc(N2C(C)C(c3ccc(C)cc3Cl)=NC2c2ccccc2)cc1.Cc1ccc(C2=NC(c3ccccc3)N(c3ccc(Br)cc3)C2C)c(Cl)c1.Cc1ccc(C2=NC(c3ccccc3)N(c3ccc(Cl)cc3)C2C)c(Cl)c1.Cc1ccc(C2=NC(c3ccccc3)N(c3ccc(I)cc3)C2C)c(Cl)c1. The fourth-order valence-corrected chi connectivity index (χ4v) is 20.8. The first-order valence-electron chi connectivity index (χ1n) is 46.3. The maximum Gasteiger partial charge on any atom is 0.148 e. The summed E-state index contributed by atoms with van der Waals surface area (Å²) in [6.45, 7) is 23.8. The first-order chi connectivity index (χ1) is 66.8. The van der Waals surface area contributed by atoms with Crippen LogP contribution in [0.15, 0.2) is 393 Å². The van der Waals surface area contributed by atoms with Gasteiger partial charge in [0.1, 0.15) is 42.3 Å². The minimum Gasteiger partial charge on any atom is -0.497 e. The molecule has 5 aliphatic heterocycles. The van der Waals surface area contributed by atoms with Crippen molar-refractivity contribution in [1.29, 1.82) is 0 Å². The third-order valence-corrected chi connectivity index (χ3v) is 28.4. The lowest BCUT2D eigenvalue weighted by Crippen LogP contribution is -2.35. The Balaban J connectivity index is 0.000000125. The van der Waals surface area contributed by atoms with E-state index < -0.39 is 0 Å². The molecular weight excluding hydrogens is 2010 g/mol. The van der Waals surface area contributed by atoms with Gasteiger partial charge >= 0.3 is 0 Å². The Morgan fingerprint density at radius 2 is 0.486 bits per heavy atom. The van der Waals surface area contributed by atoms with Crippen molar-refractivity contribution in [2.75, 3.05) is 38.2 Å². The maximum absolute atomic E-state index is 6.60. The molecule has 138 heavy (non-hydrogen) atoms. The number of hydrogen-bond acceptors (Lipinski definition) is 12. The zero-order valence-electron chi connectivity index (χ0n) is 78.9. The molecule has 0 fully saturated rings. The summed E-state index contributed by atoms with van der Waals surface area (Å²) in [4.78, 5) is 37.4. The zero-order valence-corrected chi connectivity index (χ0v) is 87.2. The number of nitrogens with zero attached hydrogens (tertiary/aromatic N) is 10. The topological polar surface area (TPSA) is 96.5 Å². The van der Waals surface area contributed by atoms with Crippen LogP contribution < -0.4 is 34.0 Å². The Hall–Kier alpha value is -11.8. The van der Waals surface area contributed by atoms with Crippen LogP contribution in [0.1, 0.15) is 156 Å². The first-order valence-corrected chi connectivity index (χ1v) is 50.4. The van der Waals surface area contributed by atoms with Gasteiger partial charge in [-0.1, -0.05) is 298 Å². The van der Waals surface area contributed by atoms with Crippen LogP contribution in [0.4, 0.5) is 28.4 Å². The fraction of sp³-hybridized carbons (Fsp3) is 0.195. The summed E-state index contributed by atoms with van der Waals surface area (Å²) in [5, 5.41) is 4.47. The number of anilines is 5. The highest BCUT2D eigenvalue weighted by atomic mass is 127. The van der Waals surface area contributed by atoms with E-state index in [9.17, 15) is 0 Å². The summed E-state index contributed by atoms with van der Waals surface area (Å²) < 4.78 is 13.2. The summed E-state index contributed by atoms with van der Waals surface area (Å²) in [7, 11) is 1.68. The van der Waals surface area contributed by atoms with Gasteiger partial charge in [0.15, 0.2) is 0 Å². The van der Waals surface area contributed by atoms with E-state index in [0.29, 0.717) is 6.61 Å². The predicted molar refractivity (Wildman–Crippen MR) is 595 cm³/mol. The van der Waals surface area contributed by atoms with Gasteiger partial charge in [-0.3, -0.25) is 25.0 Å². The maximum atomic E-state index is 6.60. The van der Waals surface area contributed by atoms with E-state index in [2.05, 4.69) is 361 Å². The normalized spacial score (nSPS) is 19.0. The molecule has 12 nitrogen and oxygen atoms in total. The largest absolute Gasteiger partial charge is 0.497 e. The molecule has 0 saturated heterocycles.